The van der Waals surface area contributed by atoms with Gasteiger partial charge in [-0.3, -0.25) is 0 Å². The van der Waals surface area contributed by atoms with Gasteiger partial charge in [-0.15, -0.1) is 0 Å². The van der Waals surface area contributed by atoms with Crippen molar-refractivity contribution in [3.63, 3.8) is 0 Å². The van der Waals surface area contributed by atoms with Crippen LogP contribution in [0.4, 0.5) is 5.82 Å². The predicted octanol–water partition coefficient (Wildman–Crippen LogP) is 2.44. The third kappa shape index (κ3) is 2.08. The van der Waals surface area contributed by atoms with E-state index in [4.69, 9.17) is 17.3 Å². The molecule has 108 valence electrons. The first-order valence-corrected chi connectivity index (χ1v) is 6.86. The Bertz CT molecular complexity index is 959. The summed E-state index contributed by atoms with van der Waals surface area (Å²) in [6.45, 7) is 0. The van der Waals surface area contributed by atoms with E-state index in [1.54, 1.807) is 12.3 Å². The molecule has 0 atom stereocenters. The number of fused-ring (bicyclic) bond motifs is 1. The van der Waals surface area contributed by atoms with Crippen LogP contribution in [0.5, 0.6) is 0 Å². The molecular weight excluding hydrogens is 302 g/mol. The molecule has 4 aromatic heterocycles. The summed E-state index contributed by atoms with van der Waals surface area (Å²) in [5.74, 6) is 1.52. The van der Waals surface area contributed by atoms with E-state index in [0.717, 1.165) is 0 Å². The van der Waals surface area contributed by atoms with Crippen LogP contribution in [0.2, 0.25) is 5.15 Å². The van der Waals surface area contributed by atoms with E-state index in [1.165, 1.54) is 6.20 Å². The Balaban J connectivity index is 1.93. The number of nitrogens with zero attached hydrogens (tertiary/aromatic N) is 5. The molecule has 0 aromatic carbocycles. The molecule has 3 N–H and O–H groups in total. The molecule has 0 saturated carbocycles. The maximum atomic E-state index is 5.92. The van der Waals surface area contributed by atoms with Crippen molar-refractivity contribution < 1.29 is 0 Å². The molecule has 4 aromatic rings. The number of aromatic amines is 1. The molecule has 0 unspecified atom stereocenters. The Morgan fingerprint density at radius 3 is 2.77 bits per heavy atom. The van der Waals surface area contributed by atoms with Gasteiger partial charge in [0.15, 0.2) is 11.5 Å². The molecule has 0 aliphatic carbocycles. The second-order valence-electron chi connectivity index (χ2n) is 4.66. The van der Waals surface area contributed by atoms with Gasteiger partial charge in [-0.1, -0.05) is 11.6 Å². The quantitative estimate of drug-likeness (QED) is 0.592. The second-order valence-corrected chi connectivity index (χ2v) is 5.04. The molecule has 4 rings (SSSR count). The molecule has 8 heteroatoms. The van der Waals surface area contributed by atoms with Crippen molar-refractivity contribution in [2.45, 2.75) is 0 Å². The summed E-state index contributed by atoms with van der Waals surface area (Å²) in [5.41, 5.74) is 7.83. The first-order valence-electron chi connectivity index (χ1n) is 6.48. The zero-order chi connectivity index (χ0) is 15.1. The highest BCUT2D eigenvalue weighted by atomic mass is 35.5. The van der Waals surface area contributed by atoms with Gasteiger partial charge in [0, 0.05) is 24.7 Å². The summed E-state index contributed by atoms with van der Waals surface area (Å²) < 4.78 is 1.86. The molecule has 22 heavy (non-hydrogen) atoms. The fourth-order valence-corrected chi connectivity index (χ4v) is 2.37. The zero-order valence-corrected chi connectivity index (χ0v) is 12.0. The Hall–Kier alpha value is -2.93. The van der Waals surface area contributed by atoms with Crippen LogP contribution in [0, 0.1) is 0 Å². The summed E-state index contributed by atoms with van der Waals surface area (Å²) in [4.78, 5) is 20.3. The Morgan fingerprint density at radius 2 is 1.95 bits per heavy atom. The summed E-state index contributed by atoms with van der Waals surface area (Å²) in [5, 5.41) is 0.308. The maximum absolute atomic E-state index is 5.92. The molecule has 0 spiro atoms. The minimum atomic E-state index is 0.308. The van der Waals surface area contributed by atoms with Gasteiger partial charge in [-0.25, -0.2) is 19.9 Å². The first-order chi connectivity index (χ1) is 10.7. The molecule has 0 bridgehead atoms. The van der Waals surface area contributed by atoms with E-state index in [2.05, 4.69) is 24.9 Å². The van der Waals surface area contributed by atoms with Crippen LogP contribution in [0.25, 0.3) is 28.4 Å². The lowest BCUT2D eigenvalue weighted by Gasteiger charge is -2.06. The van der Waals surface area contributed by atoms with E-state index < -0.39 is 0 Å². The lowest BCUT2D eigenvalue weighted by atomic mass is 10.3. The Kier molecular flexibility index (Phi) is 2.80. The molecule has 4 heterocycles. The largest absolute Gasteiger partial charge is 0.384 e. The monoisotopic (exact) mass is 311 g/mol. The van der Waals surface area contributed by atoms with Gasteiger partial charge in [-0.05, 0) is 12.1 Å². The average Bonchev–Trinajstić information content (AvgIpc) is 3.16. The zero-order valence-electron chi connectivity index (χ0n) is 11.2. The number of rotatable bonds is 2. The van der Waals surface area contributed by atoms with Crippen LogP contribution in [0.15, 0.2) is 43.0 Å². The van der Waals surface area contributed by atoms with Gasteiger partial charge in [0.25, 0.3) is 0 Å². The summed E-state index contributed by atoms with van der Waals surface area (Å²) in [6, 6.07) is 5.53. The van der Waals surface area contributed by atoms with Gasteiger partial charge in [0.05, 0.1) is 11.8 Å². The lowest BCUT2D eigenvalue weighted by molar-refractivity contribution is 0.992. The van der Waals surface area contributed by atoms with Crippen LogP contribution in [-0.2, 0) is 0 Å². The average molecular weight is 312 g/mol. The van der Waals surface area contributed by atoms with Crippen molar-refractivity contribution in [2.24, 2.45) is 0 Å². The Morgan fingerprint density at radius 1 is 1.14 bits per heavy atom. The van der Waals surface area contributed by atoms with E-state index in [0.29, 0.717) is 39.3 Å². The van der Waals surface area contributed by atoms with E-state index in [9.17, 15) is 0 Å². The van der Waals surface area contributed by atoms with Crippen molar-refractivity contribution in [2.75, 3.05) is 5.73 Å². The van der Waals surface area contributed by atoms with Crippen molar-refractivity contribution in [1.82, 2.24) is 29.5 Å². The van der Waals surface area contributed by atoms with E-state index >= 15 is 0 Å². The number of halogens is 1. The van der Waals surface area contributed by atoms with Crippen LogP contribution in [-0.4, -0.2) is 29.5 Å². The third-order valence-electron chi connectivity index (χ3n) is 3.19. The number of nitrogens with two attached hydrogens (primary N) is 1. The molecule has 0 fully saturated rings. The van der Waals surface area contributed by atoms with Gasteiger partial charge >= 0.3 is 0 Å². The minimum Gasteiger partial charge on any atom is -0.384 e. The lowest BCUT2D eigenvalue weighted by Crippen LogP contribution is -2.02. The predicted molar refractivity (Wildman–Crippen MR) is 83.7 cm³/mol. The standard InChI is InChI=1S/C14H10ClN7/c15-9-7-18-14-12(19-9)8(6-17-14)13-20-10(16)5-11(21-13)22-3-1-2-4-22/h1-7H,(H,17,18)(H2,16,20,21). The number of H-pyrrole nitrogens is 1. The molecule has 0 saturated heterocycles. The van der Waals surface area contributed by atoms with Gasteiger partial charge in [-0.2, -0.15) is 0 Å². The minimum absolute atomic E-state index is 0.308. The molecule has 0 amide bonds. The fraction of sp³-hybridized carbons (Fsp3) is 0. The third-order valence-corrected chi connectivity index (χ3v) is 3.38. The number of hydrogen-bond donors (Lipinski definition) is 2. The molecule has 0 radical (unpaired) electrons. The van der Waals surface area contributed by atoms with E-state index in [1.807, 2.05) is 29.1 Å². The normalized spacial score (nSPS) is 11.1. The highest BCUT2D eigenvalue weighted by molar-refractivity contribution is 6.29. The SMILES string of the molecule is Nc1cc(-n2cccc2)nc(-c2c[nH]c3ncc(Cl)nc23)n1. The van der Waals surface area contributed by atoms with Gasteiger partial charge in [0.1, 0.15) is 22.3 Å². The highest BCUT2D eigenvalue weighted by Gasteiger charge is 2.13. The van der Waals surface area contributed by atoms with Crippen LogP contribution in [0.1, 0.15) is 0 Å². The van der Waals surface area contributed by atoms with Crippen molar-refractivity contribution in [3.8, 4) is 17.2 Å². The number of anilines is 1. The number of hydrogen-bond acceptors (Lipinski definition) is 5. The second kappa shape index (κ2) is 4.81. The number of nitrogen functional groups attached to an aromatic ring is 1. The van der Waals surface area contributed by atoms with Crippen LogP contribution < -0.4 is 5.73 Å². The van der Waals surface area contributed by atoms with Crippen molar-refractivity contribution >= 4 is 28.6 Å². The maximum Gasteiger partial charge on any atom is 0.167 e. The smallest absolute Gasteiger partial charge is 0.167 e. The summed E-state index contributed by atoms with van der Waals surface area (Å²) in [6.07, 6.45) is 7.00. The van der Waals surface area contributed by atoms with Crippen LogP contribution in [0.3, 0.4) is 0 Å². The summed E-state index contributed by atoms with van der Waals surface area (Å²) >= 11 is 5.92. The fourth-order valence-electron chi connectivity index (χ4n) is 2.23. The van der Waals surface area contributed by atoms with Crippen molar-refractivity contribution in [3.05, 3.63) is 48.1 Å². The Labute approximate surface area is 129 Å². The first kappa shape index (κ1) is 12.8. The van der Waals surface area contributed by atoms with Crippen molar-refractivity contribution in [1.29, 1.82) is 0 Å². The topological polar surface area (TPSA) is 98.3 Å². The molecule has 7 nitrogen and oxygen atoms in total. The number of nitrogens with one attached hydrogen (secondary N) is 1. The molecule has 0 aliphatic heterocycles. The molecule has 0 aliphatic rings. The van der Waals surface area contributed by atoms with Gasteiger partial charge in [0.2, 0.25) is 0 Å². The van der Waals surface area contributed by atoms with E-state index in [-0.39, 0.29) is 0 Å². The van der Waals surface area contributed by atoms with Crippen LogP contribution >= 0.6 is 11.6 Å². The summed E-state index contributed by atoms with van der Waals surface area (Å²) in [7, 11) is 0. The molecular formula is C14H10ClN7. The number of aromatic nitrogens is 6. The highest BCUT2D eigenvalue weighted by Crippen LogP contribution is 2.26. The van der Waals surface area contributed by atoms with Gasteiger partial charge < -0.3 is 15.3 Å².